The van der Waals surface area contributed by atoms with Crippen LogP contribution in [0.1, 0.15) is 32.3 Å². The molecule has 2 rings (SSSR count). The second-order valence-corrected chi connectivity index (χ2v) is 6.43. The third-order valence-corrected chi connectivity index (χ3v) is 4.61. The summed E-state index contributed by atoms with van der Waals surface area (Å²) < 4.78 is 0. The minimum atomic E-state index is -0.0480. The molecule has 7 heteroatoms. The molecule has 1 fully saturated rings. The van der Waals surface area contributed by atoms with Crippen LogP contribution < -0.4 is 16.0 Å². The molecule has 0 radical (unpaired) electrons. The Bertz CT molecular complexity index is 576. The van der Waals surface area contributed by atoms with Gasteiger partial charge in [0.05, 0.1) is 0 Å². The fraction of sp³-hybridized carbons (Fsp3) is 0.579. The summed E-state index contributed by atoms with van der Waals surface area (Å²) >= 11 is 0. The number of rotatable bonds is 7. The van der Waals surface area contributed by atoms with E-state index in [2.05, 4.69) is 32.8 Å². The molecule has 1 heterocycles. The van der Waals surface area contributed by atoms with Gasteiger partial charge in [-0.2, -0.15) is 0 Å². The van der Waals surface area contributed by atoms with Crippen LogP contribution >= 0.6 is 24.0 Å². The second-order valence-electron chi connectivity index (χ2n) is 6.43. The molecule has 1 unspecified atom stereocenters. The number of carbonyl (C=O) groups is 1. The summed E-state index contributed by atoms with van der Waals surface area (Å²) in [5.74, 6) is 0.811. The van der Waals surface area contributed by atoms with E-state index < -0.39 is 0 Å². The van der Waals surface area contributed by atoms with Gasteiger partial charge in [0, 0.05) is 38.8 Å². The smallest absolute Gasteiger partial charge is 0.221 e. The average molecular weight is 473 g/mol. The average Bonchev–Trinajstić information content (AvgIpc) is 3.06. The summed E-state index contributed by atoms with van der Waals surface area (Å²) in [6, 6.07) is 8.57. The zero-order chi connectivity index (χ0) is 18.1. The molecule has 1 aliphatic rings. The maximum absolute atomic E-state index is 11.0. The zero-order valence-corrected chi connectivity index (χ0v) is 18.4. The molecule has 1 saturated heterocycles. The molecular formula is C19H32IN5O. The molecule has 0 saturated carbocycles. The number of likely N-dealkylation sites (tertiary alicyclic amines) is 1. The Balaban J connectivity index is 0.00000338. The van der Waals surface area contributed by atoms with Crippen LogP contribution in [0.25, 0.3) is 0 Å². The molecular weight excluding hydrogens is 441 g/mol. The Morgan fingerprint density at radius 2 is 2.00 bits per heavy atom. The molecule has 26 heavy (non-hydrogen) atoms. The van der Waals surface area contributed by atoms with Crippen molar-refractivity contribution in [2.45, 2.75) is 39.2 Å². The highest BCUT2D eigenvalue weighted by atomic mass is 127. The highest BCUT2D eigenvalue weighted by Gasteiger charge is 2.22. The lowest BCUT2D eigenvalue weighted by Gasteiger charge is -2.24. The van der Waals surface area contributed by atoms with Gasteiger partial charge in [0.25, 0.3) is 0 Å². The second kappa shape index (κ2) is 12.1. The van der Waals surface area contributed by atoms with Gasteiger partial charge in [-0.05, 0) is 50.0 Å². The Morgan fingerprint density at radius 3 is 2.62 bits per heavy atom. The maximum atomic E-state index is 11.0. The Hall–Kier alpha value is -1.35. The summed E-state index contributed by atoms with van der Waals surface area (Å²) in [5, 5.41) is 9.59. The number of nitrogens with zero attached hydrogens (tertiary/aromatic N) is 2. The van der Waals surface area contributed by atoms with Gasteiger partial charge in [-0.15, -0.1) is 24.0 Å². The standard InChI is InChI=1S/C19H31N5O.HI/c1-4-24-13-5-6-18(24)14-22-19(20-3)21-12-11-16-7-9-17(10-8-16)23-15(2)25;/h7-10,18H,4-6,11-14H2,1-3H3,(H,23,25)(H2,20,21,22);1H. The van der Waals surface area contributed by atoms with Gasteiger partial charge in [0.1, 0.15) is 0 Å². The highest BCUT2D eigenvalue weighted by Crippen LogP contribution is 2.15. The van der Waals surface area contributed by atoms with E-state index in [0.717, 1.165) is 37.7 Å². The lowest BCUT2D eigenvalue weighted by molar-refractivity contribution is -0.114. The molecule has 1 aromatic carbocycles. The molecule has 6 nitrogen and oxygen atoms in total. The number of benzene rings is 1. The number of aliphatic imine (C=N–C) groups is 1. The minimum absolute atomic E-state index is 0. The number of hydrogen-bond acceptors (Lipinski definition) is 3. The van der Waals surface area contributed by atoms with Gasteiger partial charge in [-0.1, -0.05) is 19.1 Å². The quantitative estimate of drug-likeness (QED) is 0.324. The van der Waals surface area contributed by atoms with Crippen molar-refractivity contribution < 1.29 is 4.79 Å². The van der Waals surface area contributed by atoms with E-state index >= 15 is 0 Å². The van der Waals surface area contributed by atoms with Crippen LogP contribution in [0.5, 0.6) is 0 Å². The van der Waals surface area contributed by atoms with Gasteiger partial charge in [0.2, 0.25) is 5.91 Å². The van der Waals surface area contributed by atoms with Crippen LogP contribution in [0.15, 0.2) is 29.3 Å². The van der Waals surface area contributed by atoms with Gasteiger partial charge in [-0.25, -0.2) is 0 Å². The monoisotopic (exact) mass is 473 g/mol. The topological polar surface area (TPSA) is 68.8 Å². The van der Waals surface area contributed by atoms with Crippen LogP contribution in [-0.4, -0.2) is 56.0 Å². The first-order valence-corrected chi connectivity index (χ1v) is 9.17. The van der Waals surface area contributed by atoms with E-state index in [1.54, 1.807) is 0 Å². The van der Waals surface area contributed by atoms with Crippen molar-refractivity contribution in [1.82, 2.24) is 15.5 Å². The van der Waals surface area contributed by atoms with Crippen molar-refractivity contribution in [2.24, 2.45) is 4.99 Å². The number of carbonyl (C=O) groups excluding carboxylic acids is 1. The summed E-state index contributed by atoms with van der Waals surface area (Å²) in [6.07, 6.45) is 3.46. The van der Waals surface area contributed by atoms with Gasteiger partial charge in [-0.3, -0.25) is 14.7 Å². The SMILES string of the molecule is CCN1CCCC1CNC(=NC)NCCc1ccc(NC(C)=O)cc1.I. The number of amides is 1. The molecule has 0 bridgehead atoms. The first-order chi connectivity index (χ1) is 12.1. The van der Waals surface area contributed by atoms with E-state index in [1.807, 2.05) is 31.3 Å². The van der Waals surface area contributed by atoms with Crippen molar-refractivity contribution in [1.29, 1.82) is 0 Å². The fourth-order valence-corrected chi connectivity index (χ4v) is 3.26. The molecule has 1 atom stereocenters. The minimum Gasteiger partial charge on any atom is -0.356 e. The summed E-state index contributed by atoms with van der Waals surface area (Å²) in [5.41, 5.74) is 2.06. The normalized spacial score (nSPS) is 17.5. The Morgan fingerprint density at radius 1 is 1.27 bits per heavy atom. The third kappa shape index (κ3) is 7.49. The van der Waals surface area contributed by atoms with E-state index in [9.17, 15) is 4.79 Å². The summed E-state index contributed by atoms with van der Waals surface area (Å²) in [6.45, 7) is 7.83. The van der Waals surface area contributed by atoms with E-state index in [1.165, 1.54) is 31.9 Å². The van der Waals surface area contributed by atoms with Crippen LogP contribution in [0.4, 0.5) is 5.69 Å². The van der Waals surface area contributed by atoms with E-state index in [4.69, 9.17) is 0 Å². The van der Waals surface area contributed by atoms with Crippen molar-refractivity contribution in [3.63, 3.8) is 0 Å². The number of nitrogens with one attached hydrogen (secondary N) is 3. The molecule has 0 aliphatic carbocycles. The predicted octanol–water partition coefficient (Wildman–Crippen LogP) is 2.45. The van der Waals surface area contributed by atoms with E-state index in [0.29, 0.717) is 6.04 Å². The van der Waals surface area contributed by atoms with Crippen LogP contribution in [0.3, 0.4) is 0 Å². The van der Waals surface area contributed by atoms with Gasteiger partial charge < -0.3 is 16.0 Å². The zero-order valence-electron chi connectivity index (χ0n) is 16.0. The predicted molar refractivity (Wildman–Crippen MR) is 119 cm³/mol. The van der Waals surface area contributed by atoms with Crippen molar-refractivity contribution in [3.8, 4) is 0 Å². The number of likely N-dealkylation sites (N-methyl/N-ethyl adjacent to an activating group) is 1. The third-order valence-electron chi connectivity index (χ3n) is 4.61. The number of guanidine groups is 1. The highest BCUT2D eigenvalue weighted by molar-refractivity contribution is 14.0. The maximum Gasteiger partial charge on any atom is 0.221 e. The fourth-order valence-electron chi connectivity index (χ4n) is 3.26. The lowest BCUT2D eigenvalue weighted by atomic mass is 10.1. The van der Waals surface area contributed by atoms with Crippen LogP contribution in [0.2, 0.25) is 0 Å². The molecule has 1 amide bonds. The summed E-state index contributed by atoms with van der Waals surface area (Å²) in [4.78, 5) is 17.9. The Kier molecular flexibility index (Phi) is 10.6. The van der Waals surface area contributed by atoms with Gasteiger partial charge in [0.15, 0.2) is 5.96 Å². The molecule has 0 spiro atoms. The Labute approximate surface area is 174 Å². The largest absolute Gasteiger partial charge is 0.356 e. The van der Waals surface area contributed by atoms with Crippen molar-refractivity contribution >= 4 is 41.5 Å². The van der Waals surface area contributed by atoms with E-state index in [-0.39, 0.29) is 29.9 Å². The van der Waals surface area contributed by atoms with Gasteiger partial charge >= 0.3 is 0 Å². The lowest BCUT2D eigenvalue weighted by Crippen LogP contribution is -2.45. The van der Waals surface area contributed by atoms with Crippen molar-refractivity contribution in [3.05, 3.63) is 29.8 Å². The molecule has 1 aromatic rings. The van der Waals surface area contributed by atoms with Crippen LogP contribution in [0, 0.1) is 0 Å². The number of hydrogen-bond donors (Lipinski definition) is 3. The molecule has 1 aliphatic heterocycles. The first-order valence-electron chi connectivity index (χ1n) is 9.17. The molecule has 0 aromatic heterocycles. The summed E-state index contributed by atoms with van der Waals surface area (Å²) in [7, 11) is 1.81. The molecule has 146 valence electrons. The molecule has 3 N–H and O–H groups in total. The number of halogens is 1. The van der Waals surface area contributed by atoms with Crippen molar-refractivity contribution in [2.75, 3.05) is 38.5 Å². The number of anilines is 1. The first kappa shape index (κ1) is 22.7. The van der Waals surface area contributed by atoms with Crippen LogP contribution in [-0.2, 0) is 11.2 Å².